The van der Waals surface area contributed by atoms with E-state index >= 15 is 0 Å². The number of benzene rings is 2. The lowest BCUT2D eigenvalue weighted by molar-refractivity contribution is 0.356. The largest absolute Gasteiger partial charge is 0.333 e. The molecule has 0 heterocycles. The second-order valence-corrected chi connectivity index (χ2v) is 6.26. The molecule has 2 N–H and O–H groups in total. The topological polar surface area (TPSA) is 57.5 Å². The van der Waals surface area contributed by atoms with E-state index in [1.807, 2.05) is 0 Å². The predicted octanol–water partition coefficient (Wildman–Crippen LogP) is 3.43. The Labute approximate surface area is 115 Å². The minimum absolute atomic E-state index is 0.0369. The van der Waals surface area contributed by atoms with Crippen molar-refractivity contribution in [1.82, 2.24) is 0 Å². The Kier molecular flexibility index (Phi) is 4.33. The van der Waals surface area contributed by atoms with E-state index in [4.69, 9.17) is 0 Å². The van der Waals surface area contributed by atoms with Gasteiger partial charge in [-0.05, 0) is 30.2 Å². The molecule has 0 radical (unpaired) electrons. The van der Waals surface area contributed by atoms with Gasteiger partial charge in [0, 0.05) is 5.56 Å². The average Bonchev–Trinajstić information content (AvgIpc) is 2.38. The van der Waals surface area contributed by atoms with Crippen molar-refractivity contribution in [3.63, 3.8) is 0 Å². The van der Waals surface area contributed by atoms with Crippen LogP contribution in [-0.2, 0) is 11.0 Å². The zero-order valence-electron chi connectivity index (χ0n) is 10.4. The van der Waals surface area contributed by atoms with Crippen LogP contribution in [0.15, 0.2) is 48.5 Å². The molecule has 2 aromatic rings. The lowest BCUT2D eigenvalue weighted by atomic mass is 10.0. The van der Waals surface area contributed by atoms with Crippen molar-refractivity contribution in [3.8, 4) is 0 Å². The van der Waals surface area contributed by atoms with Crippen molar-refractivity contribution in [2.75, 3.05) is 0 Å². The fourth-order valence-corrected chi connectivity index (χ4v) is 3.02. The first kappa shape index (κ1) is 14.9. The summed E-state index contributed by atoms with van der Waals surface area (Å²) in [5.41, 5.74) is -0.790. The van der Waals surface area contributed by atoms with E-state index in [0.717, 1.165) is 6.07 Å². The Morgan fingerprint density at radius 1 is 1.00 bits per heavy atom. The molecule has 20 heavy (non-hydrogen) atoms. The summed E-state index contributed by atoms with van der Waals surface area (Å²) in [6.45, 7) is 0. The maximum atomic E-state index is 13.7. The highest BCUT2D eigenvalue weighted by atomic mass is 31.2. The molecule has 6 heteroatoms. The van der Waals surface area contributed by atoms with Crippen LogP contribution in [0.25, 0.3) is 0 Å². The molecule has 2 aromatic carbocycles. The highest BCUT2D eigenvalue weighted by Gasteiger charge is 2.32. The molecule has 0 aromatic heterocycles. The third-order valence-corrected chi connectivity index (χ3v) is 4.29. The van der Waals surface area contributed by atoms with Gasteiger partial charge >= 0.3 is 7.60 Å². The lowest BCUT2D eigenvalue weighted by Crippen LogP contribution is -2.06. The SMILES string of the molecule is O=P(O)(O)C(Cc1ccc(F)cc1)c1ccccc1F. The molecule has 0 aliphatic carbocycles. The quantitative estimate of drug-likeness (QED) is 0.850. The van der Waals surface area contributed by atoms with E-state index in [1.54, 1.807) is 0 Å². The van der Waals surface area contributed by atoms with Gasteiger partial charge in [0.2, 0.25) is 0 Å². The summed E-state index contributed by atoms with van der Waals surface area (Å²) in [7, 11) is -4.54. The highest BCUT2D eigenvalue weighted by molar-refractivity contribution is 7.52. The van der Waals surface area contributed by atoms with Gasteiger partial charge in [-0.15, -0.1) is 0 Å². The van der Waals surface area contributed by atoms with Crippen LogP contribution in [0.1, 0.15) is 16.8 Å². The van der Waals surface area contributed by atoms with Gasteiger partial charge in [-0.2, -0.15) is 0 Å². The number of hydrogen-bond donors (Lipinski definition) is 2. The molecule has 2 rings (SSSR count). The molecule has 106 valence electrons. The van der Waals surface area contributed by atoms with E-state index in [-0.39, 0.29) is 12.0 Å². The van der Waals surface area contributed by atoms with E-state index in [9.17, 15) is 23.1 Å². The smallest absolute Gasteiger partial charge is 0.324 e. The van der Waals surface area contributed by atoms with Crippen LogP contribution in [0, 0.1) is 11.6 Å². The van der Waals surface area contributed by atoms with Crippen LogP contribution in [0.2, 0.25) is 0 Å². The third-order valence-electron chi connectivity index (χ3n) is 3.01. The summed E-state index contributed by atoms with van der Waals surface area (Å²) in [5, 5.41) is 0. The Bertz CT molecular complexity index is 637. The molecule has 0 saturated carbocycles. The minimum Gasteiger partial charge on any atom is -0.324 e. The second kappa shape index (κ2) is 5.83. The molecule has 1 unspecified atom stereocenters. The van der Waals surface area contributed by atoms with Crippen molar-refractivity contribution in [2.45, 2.75) is 12.1 Å². The van der Waals surface area contributed by atoms with Gasteiger partial charge in [0.15, 0.2) is 0 Å². The van der Waals surface area contributed by atoms with Crippen LogP contribution in [0.3, 0.4) is 0 Å². The van der Waals surface area contributed by atoms with Gasteiger partial charge in [-0.25, -0.2) is 8.78 Å². The molecule has 0 amide bonds. The molecular formula is C14H13F2O3P. The first-order chi connectivity index (χ1) is 9.38. The van der Waals surface area contributed by atoms with Crippen molar-refractivity contribution in [1.29, 1.82) is 0 Å². The average molecular weight is 298 g/mol. The van der Waals surface area contributed by atoms with Gasteiger partial charge in [0.25, 0.3) is 0 Å². The third kappa shape index (κ3) is 3.51. The van der Waals surface area contributed by atoms with E-state index in [2.05, 4.69) is 0 Å². The fourth-order valence-electron chi connectivity index (χ4n) is 2.00. The van der Waals surface area contributed by atoms with Crippen LogP contribution < -0.4 is 0 Å². The van der Waals surface area contributed by atoms with Crippen molar-refractivity contribution in [2.24, 2.45) is 0 Å². The molecular weight excluding hydrogens is 285 g/mol. The first-order valence-electron chi connectivity index (χ1n) is 5.92. The van der Waals surface area contributed by atoms with Gasteiger partial charge in [-0.1, -0.05) is 30.3 Å². The Morgan fingerprint density at radius 2 is 1.60 bits per heavy atom. The summed E-state index contributed by atoms with van der Waals surface area (Å²) in [5.74, 6) is -1.10. The number of hydrogen-bond acceptors (Lipinski definition) is 1. The number of rotatable bonds is 4. The van der Waals surface area contributed by atoms with Gasteiger partial charge < -0.3 is 9.79 Å². The van der Waals surface area contributed by atoms with Crippen molar-refractivity contribution < 1.29 is 23.1 Å². The summed E-state index contributed by atoms with van der Waals surface area (Å²) < 4.78 is 38.2. The van der Waals surface area contributed by atoms with Crippen LogP contribution in [-0.4, -0.2) is 9.79 Å². The van der Waals surface area contributed by atoms with Crippen molar-refractivity contribution >= 4 is 7.60 Å². The summed E-state index contributed by atoms with van der Waals surface area (Å²) >= 11 is 0. The molecule has 0 aliphatic heterocycles. The first-order valence-corrected chi connectivity index (χ1v) is 7.60. The van der Waals surface area contributed by atoms with Gasteiger partial charge in [-0.3, -0.25) is 4.57 Å². The van der Waals surface area contributed by atoms with Crippen LogP contribution >= 0.6 is 7.60 Å². The van der Waals surface area contributed by atoms with Gasteiger partial charge in [0.1, 0.15) is 11.6 Å². The van der Waals surface area contributed by atoms with Crippen LogP contribution in [0.4, 0.5) is 8.78 Å². The molecule has 0 spiro atoms. The van der Waals surface area contributed by atoms with Gasteiger partial charge in [0.05, 0.1) is 5.66 Å². The fraction of sp³-hybridized carbons (Fsp3) is 0.143. The second-order valence-electron chi connectivity index (χ2n) is 4.46. The maximum Gasteiger partial charge on any atom is 0.333 e. The number of halogens is 2. The zero-order valence-corrected chi connectivity index (χ0v) is 11.3. The lowest BCUT2D eigenvalue weighted by Gasteiger charge is -2.19. The normalized spacial score (nSPS) is 13.2. The standard InChI is InChI=1S/C14H13F2O3P/c15-11-7-5-10(6-8-11)9-14(20(17,18)19)12-3-1-2-4-13(12)16/h1-8,14H,9H2,(H2,17,18,19). The summed E-state index contributed by atoms with van der Waals surface area (Å²) in [6, 6.07) is 10.7. The Morgan fingerprint density at radius 3 is 2.15 bits per heavy atom. The van der Waals surface area contributed by atoms with Crippen LogP contribution in [0.5, 0.6) is 0 Å². The molecule has 0 aliphatic rings. The molecule has 3 nitrogen and oxygen atoms in total. The minimum atomic E-state index is -4.54. The summed E-state index contributed by atoms with van der Waals surface area (Å²) in [6.07, 6.45) is -0.0640. The molecule has 0 saturated heterocycles. The zero-order chi connectivity index (χ0) is 14.8. The Hall–Kier alpha value is -1.55. The summed E-state index contributed by atoms with van der Waals surface area (Å²) in [4.78, 5) is 18.9. The van der Waals surface area contributed by atoms with Crippen molar-refractivity contribution in [3.05, 3.63) is 71.3 Å². The molecule has 1 atom stereocenters. The molecule has 0 fully saturated rings. The van der Waals surface area contributed by atoms with E-state index in [0.29, 0.717) is 5.56 Å². The Balaban J connectivity index is 2.37. The van der Waals surface area contributed by atoms with E-state index < -0.39 is 24.9 Å². The maximum absolute atomic E-state index is 13.7. The van der Waals surface area contributed by atoms with E-state index in [1.165, 1.54) is 42.5 Å². The highest BCUT2D eigenvalue weighted by Crippen LogP contribution is 2.53. The molecule has 0 bridgehead atoms. The monoisotopic (exact) mass is 298 g/mol. The predicted molar refractivity (Wildman–Crippen MR) is 71.3 cm³/mol.